The summed E-state index contributed by atoms with van der Waals surface area (Å²) >= 11 is 0. The molecule has 92 valence electrons. The summed E-state index contributed by atoms with van der Waals surface area (Å²) in [5.41, 5.74) is 3.99. The molecule has 1 heterocycles. The van der Waals surface area contributed by atoms with Gasteiger partial charge in [0.2, 0.25) is 0 Å². The minimum atomic E-state index is 1.00. The van der Waals surface area contributed by atoms with Gasteiger partial charge in [-0.05, 0) is 52.5 Å². The average Bonchev–Trinajstić information content (AvgIpc) is 2.30. The van der Waals surface area contributed by atoms with Crippen molar-refractivity contribution in [2.24, 2.45) is 0 Å². The first-order valence-electron chi connectivity index (χ1n) is 6.22. The largest absolute Gasteiger partial charge is 0.245 e. The normalized spacial score (nSPS) is 11.4. The summed E-state index contributed by atoms with van der Waals surface area (Å²) in [6.07, 6.45) is 12.4. The molecule has 0 aliphatic heterocycles. The van der Waals surface area contributed by atoms with E-state index in [2.05, 4.69) is 42.9 Å². The third-order valence-electron chi connectivity index (χ3n) is 2.63. The molecule has 2 nitrogen and oxygen atoms in total. The van der Waals surface area contributed by atoms with Gasteiger partial charge in [0, 0.05) is 11.9 Å². The van der Waals surface area contributed by atoms with Crippen LogP contribution in [0.2, 0.25) is 0 Å². The van der Waals surface area contributed by atoms with Crippen molar-refractivity contribution in [3.63, 3.8) is 0 Å². The molecule has 0 radical (unpaired) electrons. The summed E-state index contributed by atoms with van der Waals surface area (Å²) in [7, 11) is 0. The van der Waals surface area contributed by atoms with Crippen LogP contribution in [0.15, 0.2) is 41.9 Å². The lowest BCUT2D eigenvalue weighted by molar-refractivity contribution is 0.896. The zero-order chi connectivity index (χ0) is 12.5. The van der Waals surface area contributed by atoms with Gasteiger partial charge in [0.05, 0.1) is 0 Å². The lowest BCUT2D eigenvalue weighted by atomic mass is 10.1. The maximum absolute atomic E-state index is 4.21. The van der Waals surface area contributed by atoms with E-state index in [4.69, 9.17) is 0 Å². The van der Waals surface area contributed by atoms with Crippen LogP contribution < -0.4 is 0 Å². The number of nitrogens with zero attached hydrogens (tertiary/aromatic N) is 2. The van der Waals surface area contributed by atoms with Gasteiger partial charge in [-0.15, -0.1) is 0 Å². The van der Waals surface area contributed by atoms with E-state index in [1.165, 1.54) is 11.1 Å². The van der Waals surface area contributed by atoms with E-state index in [0.717, 1.165) is 31.4 Å². The predicted molar refractivity (Wildman–Crippen MR) is 72.8 cm³/mol. The third kappa shape index (κ3) is 6.67. The lowest BCUT2D eigenvalue weighted by Crippen LogP contribution is -1.89. The van der Waals surface area contributed by atoms with Crippen LogP contribution in [0.4, 0.5) is 0 Å². The fourth-order valence-corrected chi connectivity index (χ4v) is 1.62. The van der Waals surface area contributed by atoms with E-state index in [-0.39, 0.29) is 0 Å². The minimum absolute atomic E-state index is 1.00. The van der Waals surface area contributed by atoms with Crippen LogP contribution in [0.1, 0.15) is 45.7 Å². The fourth-order valence-electron chi connectivity index (χ4n) is 1.62. The molecule has 0 fully saturated rings. The first-order valence-corrected chi connectivity index (χ1v) is 6.22. The maximum Gasteiger partial charge on any atom is 0.115 e. The molecule has 1 aromatic rings. The van der Waals surface area contributed by atoms with E-state index in [1.54, 1.807) is 12.5 Å². The second kappa shape index (κ2) is 7.77. The number of hydrogen-bond donors (Lipinski definition) is 0. The van der Waals surface area contributed by atoms with E-state index in [0.29, 0.717) is 0 Å². The number of aryl methyl sites for hydroxylation is 1. The molecule has 0 N–H and O–H groups in total. The lowest BCUT2D eigenvalue weighted by Gasteiger charge is -2.00. The average molecular weight is 230 g/mol. The highest BCUT2D eigenvalue weighted by molar-refractivity contribution is 5.05. The Kier molecular flexibility index (Phi) is 6.23. The monoisotopic (exact) mass is 230 g/mol. The molecule has 0 bridgehead atoms. The highest BCUT2D eigenvalue weighted by Gasteiger charge is 1.93. The third-order valence-corrected chi connectivity index (χ3v) is 2.63. The molecule has 0 amide bonds. The van der Waals surface area contributed by atoms with E-state index in [9.17, 15) is 0 Å². The number of rotatable bonds is 6. The van der Waals surface area contributed by atoms with Gasteiger partial charge in [0.15, 0.2) is 0 Å². The van der Waals surface area contributed by atoms with Gasteiger partial charge in [-0.3, -0.25) is 0 Å². The molecule has 0 aliphatic rings. The highest BCUT2D eigenvalue weighted by atomic mass is 14.8. The summed E-state index contributed by atoms with van der Waals surface area (Å²) in [6, 6.07) is 1.98. The Hall–Kier alpha value is -1.44. The van der Waals surface area contributed by atoms with Crippen molar-refractivity contribution in [1.29, 1.82) is 0 Å². The van der Waals surface area contributed by atoms with Gasteiger partial charge in [0.25, 0.3) is 0 Å². The Balaban J connectivity index is 2.26. The Morgan fingerprint density at radius 3 is 2.65 bits per heavy atom. The van der Waals surface area contributed by atoms with Gasteiger partial charge in [0.1, 0.15) is 6.33 Å². The molecule has 0 atom stereocenters. The predicted octanol–water partition coefficient (Wildman–Crippen LogP) is 4.10. The quantitative estimate of drug-likeness (QED) is 0.687. The van der Waals surface area contributed by atoms with Crippen LogP contribution in [-0.2, 0) is 6.42 Å². The zero-order valence-electron chi connectivity index (χ0n) is 11.1. The van der Waals surface area contributed by atoms with E-state index < -0.39 is 0 Å². The summed E-state index contributed by atoms with van der Waals surface area (Å²) < 4.78 is 0. The number of allylic oxidation sites excluding steroid dienone is 4. The smallest absolute Gasteiger partial charge is 0.115 e. The van der Waals surface area contributed by atoms with Crippen molar-refractivity contribution in [3.8, 4) is 0 Å². The molecule has 0 unspecified atom stereocenters. The molecule has 0 spiro atoms. The Bertz CT molecular complexity index is 373. The first kappa shape index (κ1) is 13.6. The maximum atomic E-state index is 4.21. The van der Waals surface area contributed by atoms with Gasteiger partial charge < -0.3 is 0 Å². The SMILES string of the molecule is CC(C)=CCCC(C)=CCCc1ccncn1. The minimum Gasteiger partial charge on any atom is -0.245 e. The van der Waals surface area contributed by atoms with E-state index >= 15 is 0 Å². The molecule has 1 rings (SSSR count). The van der Waals surface area contributed by atoms with E-state index in [1.807, 2.05) is 6.07 Å². The Morgan fingerprint density at radius 2 is 2.00 bits per heavy atom. The molecule has 0 aliphatic carbocycles. The topological polar surface area (TPSA) is 25.8 Å². The zero-order valence-corrected chi connectivity index (χ0v) is 11.1. The second-order valence-corrected chi connectivity index (χ2v) is 4.61. The van der Waals surface area contributed by atoms with Crippen LogP contribution in [0.25, 0.3) is 0 Å². The second-order valence-electron chi connectivity index (χ2n) is 4.61. The first-order chi connectivity index (χ1) is 8.18. The number of hydrogen-bond acceptors (Lipinski definition) is 2. The molecule has 1 aromatic heterocycles. The molecule has 2 heteroatoms. The highest BCUT2D eigenvalue weighted by Crippen LogP contribution is 2.08. The van der Waals surface area contributed by atoms with Crippen LogP contribution in [0.5, 0.6) is 0 Å². The summed E-state index contributed by atoms with van der Waals surface area (Å²) in [6.45, 7) is 6.50. The molecule has 0 aromatic carbocycles. The summed E-state index contributed by atoms with van der Waals surface area (Å²) in [5, 5.41) is 0. The molecular formula is C15H22N2. The van der Waals surface area contributed by atoms with Crippen molar-refractivity contribution < 1.29 is 0 Å². The van der Waals surface area contributed by atoms with Crippen LogP contribution in [0, 0.1) is 0 Å². The fraction of sp³-hybridized carbons (Fsp3) is 0.467. The molecule has 0 saturated heterocycles. The van der Waals surface area contributed by atoms with Gasteiger partial charge in [-0.1, -0.05) is 23.3 Å². The Labute approximate surface area is 105 Å². The van der Waals surface area contributed by atoms with Crippen LogP contribution >= 0.6 is 0 Å². The van der Waals surface area contributed by atoms with Crippen molar-refractivity contribution in [1.82, 2.24) is 9.97 Å². The van der Waals surface area contributed by atoms with Gasteiger partial charge in [-0.2, -0.15) is 0 Å². The Morgan fingerprint density at radius 1 is 1.18 bits per heavy atom. The van der Waals surface area contributed by atoms with Gasteiger partial charge >= 0.3 is 0 Å². The van der Waals surface area contributed by atoms with Crippen molar-refractivity contribution in [3.05, 3.63) is 47.6 Å². The summed E-state index contributed by atoms with van der Waals surface area (Å²) in [5.74, 6) is 0. The van der Waals surface area contributed by atoms with Crippen molar-refractivity contribution in [2.75, 3.05) is 0 Å². The van der Waals surface area contributed by atoms with Crippen molar-refractivity contribution in [2.45, 2.75) is 46.5 Å². The molecule has 0 saturated carbocycles. The van der Waals surface area contributed by atoms with Crippen LogP contribution in [-0.4, -0.2) is 9.97 Å². The number of aromatic nitrogens is 2. The molecular weight excluding hydrogens is 208 g/mol. The van der Waals surface area contributed by atoms with Crippen LogP contribution in [0.3, 0.4) is 0 Å². The van der Waals surface area contributed by atoms with Crippen molar-refractivity contribution >= 4 is 0 Å². The summed E-state index contributed by atoms with van der Waals surface area (Å²) in [4.78, 5) is 8.12. The molecule has 17 heavy (non-hydrogen) atoms. The standard InChI is InChI=1S/C15H22N2/c1-13(2)6-4-7-14(3)8-5-9-15-10-11-16-12-17-15/h6,8,10-12H,4-5,7,9H2,1-3H3. The van der Waals surface area contributed by atoms with Gasteiger partial charge in [-0.25, -0.2) is 9.97 Å².